The molecule has 9 nitrogen and oxygen atoms in total. The number of benzene rings is 2. The van der Waals surface area contributed by atoms with Crippen LogP contribution < -0.4 is 20.2 Å². The molecule has 198 valence electrons. The molecule has 9 heteroatoms. The van der Waals surface area contributed by atoms with Crippen LogP contribution in [0, 0.1) is 0 Å². The normalized spacial score (nSPS) is 17.6. The van der Waals surface area contributed by atoms with Crippen molar-refractivity contribution in [1.29, 1.82) is 0 Å². The van der Waals surface area contributed by atoms with Crippen molar-refractivity contribution in [3.05, 3.63) is 65.2 Å². The van der Waals surface area contributed by atoms with Gasteiger partial charge in [0.05, 0.1) is 19.7 Å². The number of carbonyl (C=O) groups excluding carboxylic acids is 1. The Labute approximate surface area is 218 Å². The van der Waals surface area contributed by atoms with Crippen molar-refractivity contribution < 1.29 is 19.0 Å². The summed E-state index contributed by atoms with van der Waals surface area (Å²) in [7, 11) is 5.16. The van der Waals surface area contributed by atoms with E-state index in [9.17, 15) is 4.79 Å². The van der Waals surface area contributed by atoms with Crippen LogP contribution in [0.5, 0.6) is 11.5 Å². The molecule has 2 N–H and O–H groups in total. The Morgan fingerprint density at radius 1 is 1.14 bits per heavy atom. The van der Waals surface area contributed by atoms with Gasteiger partial charge in [-0.2, -0.15) is 5.11 Å². The van der Waals surface area contributed by atoms with Crippen LogP contribution in [0.1, 0.15) is 56.5 Å². The third-order valence-corrected chi connectivity index (χ3v) is 6.59. The van der Waals surface area contributed by atoms with Crippen LogP contribution in [0.4, 0.5) is 4.79 Å². The summed E-state index contributed by atoms with van der Waals surface area (Å²) in [4.78, 5) is 14.4. The molecular weight excluding hydrogens is 470 g/mol. The van der Waals surface area contributed by atoms with Crippen molar-refractivity contribution in [2.75, 3.05) is 34.3 Å². The predicted octanol–water partition coefficient (Wildman–Crippen LogP) is 5.09. The summed E-state index contributed by atoms with van der Waals surface area (Å²) in [5.74, 6) is 1.54. The Kier molecular flexibility index (Phi) is 7.73. The molecule has 0 bridgehead atoms. The lowest BCUT2D eigenvalue weighted by Gasteiger charge is -2.43. The number of nitrogens with one attached hydrogen (secondary N) is 2. The van der Waals surface area contributed by atoms with E-state index in [4.69, 9.17) is 14.2 Å². The van der Waals surface area contributed by atoms with E-state index in [2.05, 4.69) is 51.4 Å². The van der Waals surface area contributed by atoms with Crippen LogP contribution in [-0.4, -0.2) is 56.5 Å². The first-order valence-electron chi connectivity index (χ1n) is 12.6. The molecule has 37 heavy (non-hydrogen) atoms. The minimum Gasteiger partial charge on any atom is -0.496 e. The van der Waals surface area contributed by atoms with Gasteiger partial charge in [-0.3, -0.25) is 10.7 Å². The van der Waals surface area contributed by atoms with Crippen LogP contribution in [0.3, 0.4) is 0 Å². The SMILES string of the molecule is CN=NNC(NC)c1ccc(C2=CC3(CCN(C(=O)OC(C)(C)C)CC3)Oc3cccc(OC)c32)cc1. The molecule has 0 aromatic heterocycles. The Morgan fingerprint density at radius 3 is 2.43 bits per heavy atom. The van der Waals surface area contributed by atoms with E-state index in [-0.39, 0.29) is 12.3 Å². The minimum absolute atomic E-state index is 0.160. The number of rotatable bonds is 6. The number of carbonyl (C=O) groups is 1. The maximum Gasteiger partial charge on any atom is 0.410 e. The zero-order valence-corrected chi connectivity index (χ0v) is 22.5. The summed E-state index contributed by atoms with van der Waals surface area (Å²) in [6.07, 6.45) is 3.09. The molecule has 0 aliphatic carbocycles. The summed E-state index contributed by atoms with van der Waals surface area (Å²) < 4.78 is 17.9. The summed E-state index contributed by atoms with van der Waals surface area (Å²) in [6, 6.07) is 14.2. The number of nitrogens with zero attached hydrogens (tertiary/aromatic N) is 3. The van der Waals surface area contributed by atoms with E-state index in [0.717, 1.165) is 33.8 Å². The molecule has 1 saturated heterocycles. The Balaban J connectivity index is 1.65. The highest BCUT2D eigenvalue weighted by Gasteiger charge is 2.41. The molecule has 1 spiro atoms. The molecular formula is C28H37N5O4. The van der Waals surface area contributed by atoms with Crippen molar-refractivity contribution >= 4 is 11.7 Å². The van der Waals surface area contributed by atoms with Crippen molar-refractivity contribution in [2.24, 2.45) is 10.3 Å². The van der Waals surface area contributed by atoms with Crippen molar-refractivity contribution in [3.8, 4) is 11.5 Å². The highest BCUT2D eigenvalue weighted by atomic mass is 16.6. The second-order valence-electron chi connectivity index (χ2n) is 10.3. The third-order valence-electron chi connectivity index (χ3n) is 6.59. The number of hydrogen-bond acceptors (Lipinski definition) is 7. The van der Waals surface area contributed by atoms with Gasteiger partial charge in [-0.15, -0.1) is 0 Å². The van der Waals surface area contributed by atoms with Gasteiger partial charge in [-0.1, -0.05) is 35.6 Å². The predicted molar refractivity (Wildman–Crippen MR) is 143 cm³/mol. The van der Waals surface area contributed by atoms with Crippen molar-refractivity contribution in [3.63, 3.8) is 0 Å². The van der Waals surface area contributed by atoms with Crippen LogP contribution in [0.2, 0.25) is 0 Å². The first-order chi connectivity index (χ1) is 17.7. The highest BCUT2D eigenvalue weighted by Crippen LogP contribution is 2.47. The van der Waals surface area contributed by atoms with Gasteiger partial charge >= 0.3 is 6.09 Å². The minimum atomic E-state index is -0.525. The maximum atomic E-state index is 12.6. The van der Waals surface area contributed by atoms with E-state index in [1.807, 2.05) is 46.0 Å². The van der Waals surface area contributed by atoms with Gasteiger partial charge < -0.3 is 19.1 Å². The number of fused-ring (bicyclic) bond motifs is 1. The fourth-order valence-electron chi connectivity index (χ4n) is 4.76. The number of amides is 1. The van der Waals surface area contributed by atoms with Gasteiger partial charge in [0.15, 0.2) is 0 Å². The molecule has 1 amide bonds. The molecule has 0 radical (unpaired) electrons. The zero-order valence-electron chi connectivity index (χ0n) is 22.5. The van der Waals surface area contributed by atoms with Gasteiger partial charge in [-0.05, 0) is 62.7 Å². The molecule has 1 unspecified atom stereocenters. The van der Waals surface area contributed by atoms with Crippen LogP contribution >= 0.6 is 0 Å². The van der Waals surface area contributed by atoms with E-state index in [1.165, 1.54) is 0 Å². The number of piperidine rings is 1. The first kappa shape index (κ1) is 26.5. The van der Waals surface area contributed by atoms with Crippen molar-refractivity contribution in [2.45, 2.75) is 51.0 Å². The molecule has 2 aromatic carbocycles. The fourth-order valence-corrected chi connectivity index (χ4v) is 4.76. The van der Waals surface area contributed by atoms with E-state index < -0.39 is 11.2 Å². The fraction of sp³-hybridized carbons (Fsp3) is 0.464. The average Bonchev–Trinajstić information content (AvgIpc) is 2.88. The molecule has 2 aliphatic rings. The van der Waals surface area contributed by atoms with Crippen molar-refractivity contribution in [1.82, 2.24) is 15.6 Å². The van der Waals surface area contributed by atoms with Crippen LogP contribution in [0.15, 0.2) is 58.9 Å². The van der Waals surface area contributed by atoms with Gasteiger partial charge in [0.25, 0.3) is 0 Å². The average molecular weight is 508 g/mol. The molecule has 1 atom stereocenters. The standard InChI is InChI=1S/C28H37N5O4/c1-27(2,3)37-26(34)33-16-14-28(15-17-33)18-21(24-22(35-6)8-7-9-23(24)36-28)19-10-12-20(13-11-19)25(29-4)31-32-30-5/h7-13,18,25,29H,14-17H2,1-6H3,(H,30,31). The second kappa shape index (κ2) is 10.8. The lowest BCUT2D eigenvalue weighted by atomic mass is 9.82. The molecule has 4 rings (SSSR count). The van der Waals surface area contributed by atoms with Crippen LogP contribution in [0.25, 0.3) is 5.57 Å². The van der Waals surface area contributed by atoms with Gasteiger partial charge in [0.2, 0.25) is 0 Å². The van der Waals surface area contributed by atoms with E-state index in [1.54, 1.807) is 19.1 Å². The lowest BCUT2D eigenvalue weighted by Crippen LogP contribution is -2.50. The molecule has 1 fully saturated rings. The monoisotopic (exact) mass is 507 g/mol. The van der Waals surface area contributed by atoms with Crippen LogP contribution in [-0.2, 0) is 4.74 Å². The number of methoxy groups -OCH3 is 1. The van der Waals surface area contributed by atoms with Gasteiger partial charge in [0.1, 0.15) is 28.9 Å². The summed E-state index contributed by atoms with van der Waals surface area (Å²) in [6.45, 7) is 6.76. The molecule has 2 aromatic rings. The summed E-state index contributed by atoms with van der Waals surface area (Å²) in [5.41, 5.74) is 6.02. The third kappa shape index (κ3) is 5.88. The number of hydrogen-bond donors (Lipinski definition) is 2. The molecule has 2 heterocycles. The largest absolute Gasteiger partial charge is 0.496 e. The Morgan fingerprint density at radius 2 is 1.84 bits per heavy atom. The Bertz CT molecular complexity index is 1160. The van der Waals surface area contributed by atoms with Gasteiger partial charge in [-0.25, -0.2) is 4.79 Å². The highest BCUT2D eigenvalue weighted by molar-refractivity contribution is 5.88. The van der Waals surface area contributed by atoms with Gasteiger partial charge in [0, 0.05) is 25.9 Å². The lowest BCUT2D eigenvalue weighted by molar-refractivity contribution is -0.00120. The Hall–Kier alpha value is -3.59. The number of ether oxygens (including phenoxy) is 3. The zero-order chi connectivity index (χ0) is 26.6. The summed E-state index contributed by atoms with van der Waals surface area (Å²) >= 11 is 0. The smallest absolute Gasteiger partial charge is 0.410 e. The molecule has 0 saturated carbocycles. The quantitative estimate of drug-likeness (QED) is 0.321. The van der Waals surface area contributed by atoms with E-state index >= 15 is 0 Å². The first-order valence-corrected chi connectivity index (χ1v) is 12.6. The van der Waals surface area contributed by atoms with E-state index in [0.29, 0.717) is 25.9 Å². The topological polar surface area (TPSA) is 96.8 Å². The molecule has 2 aliphatic heterocycles. The second-order valence-corrected chi connectivity index (χ2v) is 10.3. The maximum absolute atomic E-state index is 12.6. The summed E-state index contributed by atoms with van der Waals surface area (Å²) in [5, 5.41) is 10.9. The number of likely N-dealkylation sites (tertiary alicyclic amines) is 1.